The van der Waals surface area contributed by atoms with Crippen LogP contribution < -0.4 is 0 Å². The third-order valence-corrected chi connectivity index (χ3v) is 2.99. The molecule has 1 aromatic rings. The first-order valence-electron chi connectivity index (χ1n) is 3.56. The maximum Gasteiger partial charge on any atom is 0.0701 e. The number of rotatable bonds is 2. The van der Waals surface area contributed by atoms with E-state index in [1.165, 1.54) is 14.2 Å². The number of halogens is 1. The van der Waals surface area contributed by atoms with Gasteiger partial charge in [-0.05, 0) is 41.9 Å². The standard InChI is InChI=1S/C9H11BrS/c1-7(2)3-4-8-5-6-9(10)11-8/h3,5-6H,4H2,1-2H3. The van der Waals surface area contributed by atoms with Crippen molar-refractivity contribution in [2.75, 3.05) is 0 Å². The Morgan fingerprint density at radius 2 is 2.27 bits per heavy atom. The monoisotopic (exact) mass is 230 g/mol. The summed E-state index contributed by atoms with van der Waals surface area (Å²) in [7, 11) is 0. The molecule has 0 saturated heterocycles. The molecule has 1 aromatic heterocycles. The first-order chi connectivity index (χ1) is 5.18. The second-order valence-corrected chi connectivity index (χ2v) is 5.24. The van der Waals surface area contributed by atoms with Gasteiger partial charge in [0.15, 0.2) is 0 Å². The summed E-state index contributed by atoms with van der Waals surface area (Å²) in [6.45, 7) is 4.26. The van der Waals surface area contributed by atoms with E-state index in [1.807, 2.05) is 0 Å². The predicted molar refractivity (Wildman–Crippen MR) is 55.2 cm³/mol. The van der Waals surface area contributed by atoms with Crippen LogP contribution in [-0.4, -0.2) is 0 Å². The van der Waals surface area contributed by atoms with Crippen molar-refractivity contribution in [3.63, 3.8) is 0 Å². The summed E-state index contributed by atoms with van der Waals surface area (Å²) in [4.78, 5) is 1.41. The highest BCUT2D eigenvalue weighted by atomic mass is 79.9. The van der Waals surface area contributed by atoms with Gasteiger partial charge >= 0.3 is 0 Å². The molecule has 0 bridgehead atoms. The summed E-state index contributed by atoms with van der Waals surface area (Å²) in [5.41, 5.74) is 1.38. The van der Waals surface area contributed by atoms with Crippen molar-refractivity contribution in [1.29, 1.82) is 0 Å². The molecule has 0 aliphatic rings. The van der Waals surface area contributed by atoms with E-state index in [-0.39, 0.29) is 0 Å². The van der Waals surface area contributed by atoms with E-state index >= 15 is 0 Å². The van der Waals surface area contributed by atoms with Crippen LogP contribution in [0.25, 0.3) is 0 Å². The molecule has 0 aromatic carbocycles. The molecular weight excluding hydrogens is 220 g/mol. The molecule has 0 fully saturated rings. The van der Waals surface area contributed by atoms with Gasteiger partial charge in [-0.1, -0.05) is 11.6 Å². The van der Waals surface area contributed by atoms with Gasteiger partial charge in [-0.3, -0.25) is 0 Å². The van der Waals surface area contributed by atoms with Crippen LogP contribution in [0.1, 0.15) is 18.7 Å². The first-order valence-corrected chi connectivity index (χ1v) is 5.17. The van der Waals surface area contributed by atoms with Gasteiger partial charge in [-0.15, -0.1) is 11.3 Å². The third-order valence-electron chi connectivity index (χ3n) is 1.34. The molecule has 0 aliphatic carbocycles. The van der Waals surface area contributed by atoms with Crippen molar-refractivity contribution in [3.05, 3.63) is 32.4 Å². The first kappa shape index (κ1) is 9.01. The van der Waals surface area contributed by atoms with Gasteiger partial charge in [-0.2, -0.15) is 0 Å². The van der Waals surface area contributed by atoms with E-state index in [0.717, 1.165) is 6.42 Å². The Labute approximate surface area is 80.1 Å². The Morgan fingerprint density at radius 3 is 2.73 bits per heavy atom. The van der Waals surface area contributed by atoms with Crippen LogP contribution in [0.2, 0.25) is 0 Å². The van der Waals surface area contributed by atoms with Crippen LogP contribution in [0.15, 0.2) is 27.6 Å². The van der Waals surface area contributed by atoms with Gasteiger partial charge in [0.2, 0.25) is 0 Å². The van der Waals surface area contributed by atoms with E-state index < -0.39 is 0 Å². The Bertz CT molecular complexity index is 256. The van der Waals surface area contributed by atoms with Crippen molar-refractivity contribution in [3.8, 4) is 0 Å². The van der Waals surface area contributed by atoms with Crippen LogP contribution in [-0.2, 0) is 6.42 Å². The lowest BCUT2D eigenvalue weighted by molar-refractivity contribution is 1.25. The van der Waals surface area contributed by atoms with E-state index in [0.29, 0.717) is 0 Å². The Morgan fingerprint density at radius 1 is 1.55 bits per heavy atom. The number of hydrogen-bond donors (Lipinski definition) is 0. The molecular formula is C9H11BrS. The molecule has 0 aliphatic heterocycles. The van der Waals surface area contributed by atoms with Crippen molar-refractivity contribution in [2.24, 2.45) is 0 Å². The highest BCUT2D eigenvalue weighted by Gasteiger charge is 1.93. The summed E-state index contributed by atoms with van der Waals surface area (Å²) in [6, 6.07) is 4.26. The number of allylic oxidation sites excluding steroid dienone is 2. The zero-order chi connectivity index (χ0) is 8.27. The van der Waals surface area contributed by atoms with Crippen LogP contribution >= 0.6 is 27.3 Å². The molecule has 0 spiro atoms. The lowest BCUT2D eigenvalue weighted by atomic mass is 10.2. The van der Waals surface area contributed by atoms with E-state index in [1.54, 1.807) is 11.3 Å². The normalized spacial score (nSPS) is 9.73. The molecule has 11 heavy (non-hydrogen) atoms. The van der Waals surface area contributed by atoms with Gasteiger partial charge in [0.1, 0.15) is 0 Å². The summed E-state index contributed by atoms with van der Waals surface area (Å²) in [5, 5.41) is 0. The average molecular weight is 231 g/mol. The quantitative estimate of drug-likeness (QED) is 0.674. The van der Waals surface area contributed by atoms with Gasteiger partial charge < -0.3 is 0 Å². The molecule has 0 nitrogen and oxygen atoms in total. The van der Waals surface area contributed by atoms with E-state index in [2.05, 4.69) is 48.0 Å². The highest BCUT2D eigenvalue weighted by Crippen LogP contribution is 2.22. The summed E-state index contributed by atoms with van der Waals surface area (Å²) in [6.07, 6.45) is 3.32. The maximum absolute atomic E-state index is 3.44. The Kier molecular flexibility index (Phi) is 3.34. The second kappa shape index (κ2) is 4.07. The molecule has 0 unspecified atom stereocenters. The average Bonchev–Trinajstić information content (AvgIpc) is 2.31. The number of thiophene rings is 1. The lowest BCUT2D eigenvalue weighted by Gasteiger charge is -1.89. The predicted octanol–water partition coefficient (Wildman–Crippen LogP) is 4.02. The van der Waals surface area contributed by atoms with Crippen molar-refractivity contribution in [2.45, 2.75) is 20.3 Å². The molecule has 0 N–H and O–H groups in total. The minimum Gasteiger partial charge on any atom is -0.133 e. The largest absolute Gasteiger partial charge is 0.133 e. The summed E-state index contributed by atoms with van der Waals surface area (Å²) in [5.74, 6) is 0. The second-order valence-electron chi connectivity index (χ2n) is 2.69. The molecule has 1 heterocycles. The molecule has 0 atom stereocenters. The Balaban J connectivity index is 2.58. The van der Waals surface area contributed by atoms with Crippen molar-refractivity contribution >= 4 is 27.3 Å². The van der Waals surface area contributed by atoms with Crippen LogP contribution in [0.3, 0.4) is 0 Å². The van der Waals surface area contributed by atoms with Crippen LogP contribution in [0.5, 0.6) is 0 Å². The Hall–Kier alpha value is -0.0800. The number of hydrogen-bond acceptors (Lipinski definition) is 1. The van der Waals surface area contributed by atoms with E-state index in [9.17, 15) is 0 Å². The molecule has 0 amide bonds. The van der Waals surface area contributed by atoms with Crippen LogP contribution in [0, 0.1) is 0 Å². The SMILES string of the molecule is CC(C)=CCc1ccc(Br)s1. The fraction of sp³-hybridized carbons (Fsp3) is 0.333. The zero-order valence-electron chi connectivity index (χ0n) is 6.73. The lowest BCUT2D eigenvalue weighted by Crippen LogP contribution is -1.72. The molecule has 1 rings (SSSR count). The fourth-order valence-electron chi connectivity index (χ4n) is 0.766. The van der Waals surface area contributed by atoms with Gasteiger partial charge in [0.05, 0.1) is 3.79 Å². The molecule has 2 heteroatoms. The van der Waals surface area contributed by atoms with Crippen LogP contribution in [0.4, 0.5) is 0 Å². The molecule has 0 saturated carbocycles. The van der Waals surface area contributed by atoms with Crippen molar-refractivity contribution < 1.29 is 0 Å². The molecule has 0 radical (unpaired) electrons. The highest BCUT2D eigenvalue weighted by molar-refractivity contribution is 9.11. The van der Waals surface area contributed by atoms with Crippen molar-refractivity contribution in [1.82, 2.24) is 0 Å². The van der Waals surface area contributed by atoms with Gasteiger partial charge in [0, 0.05) is 11.3 Å². The fourth-order valence-corrected chi connectivity index (χ4v) is 2.21. The summed E-state index contributed by atoms with van der Waals surface area (Å²) < 4.78 is 1.22. The zero-order valence-corrected chi connectivity index (χ0v) is 9.13. The maximum atomic E-state index is 3.44. The third kappa shape index (κ3) is 3.21. The minimum absolute atomic E-state index is 1.07. The summed E-state index contributed by atoms with van der Waals surface area (Å²) >= 11 is 5.24. The minimum atomic E-state index is 1.07. The van der Waals surface area contributed by atoms with Gasteiger partial charge in [-0.25, -0.2) is 0 Å². The molecule has 60 valence electrons. The topological polar surface area (TPSA) is 0 Å². The smallest absolute Gasteiger partial charge is 0.0701 e. The van der Waals surface area contributed by atoms with E-state index in [4.69, 9.17) is 0 Å². The van der Waals surface area contributed by atoms with Gasteiger partial charge in [0.25, 0.3) is 0 Å².